The molecule has 1 saturated heterocycles. The molecule has 1 aromatic rings. The average Bonchev–Trinajstić information content (AvgIpc) is 2.89. The van der Waals surface area contributed by atoms with Gasteiger partial charge in [0.2, 0.25) is 5.91 Å². The van der Waals surface area contributed by atoms with E-state index < -0.39 is 11.9 Å². The molecule has 6 nitrogen and oxygen atoms in total. The molecule has 1 fully saturated rings. The lowest BCUT2D eigenvalue weighted by atomic mass is 10.1. The van der Waals surface area contributed by atoms with Gasteiger partial charge >= 0.3 is 5.97 Å². The second kappa shape index (κ2) is 7.47. The molecule has 1 aliphatic heterocycles. The van der Waals surface area contributed by atoms with Gasteiger partial charge < -0.3 is 15.0 Å². The molecule has 0 bridgehead atoms. The Bertz CT molecular complexity index is 654. The summed E-state index contributed by atoms with van der Waals surface area (Å²) < 4.78 is 5.05. The lowest BCUT2D eigenvalue weighted by Crippen LogP contribution is -2.35. The average molecular weight is 332 g/mol. The van der Waals surface area contributed by atoms with Crippen LogP contribution >= 0.6 is 0 Å². The molecule has 1 heterocycles. The van der Waals surface area contributed by atoms with Gasteiger partial charge in [0.1, 0.15) is 0 Å². The summed E-state index contributed by atoms with van der Waals surface area (Å²) in [7, 11) is 0. The first kappa shape index (κ1) is 18.0. The minimum atomic E-state index is -0.538. The van der Waals surface area contributed by atoms with E-state index >= 15 is 0 Å². The first-order chi connectivity index (χ1) is 11.3. The molecule has 24 heavy (non-hydrogen) atoms. The van der Waals surface area contributed by atoms with Crippen molar-refractivity contribution in [1.82, 2.24) is 5.32 Å². The summed E-state index contributed by atoms with van der Waals surface area (Å²) in [5, 5.41) is 2.65. The van der Waals surface area contributed by atoms with Crippen LogP contribution in [0.2, 0.25) is 0 Å². The Morgan fingerprint density at radius 3 is 2.71 bits per heavy atom. The van der Waals surface area contributed by atoms with Crippen molar-refractivity contribution in [2.45, 2.75) is 40.2 Å². The second-order valence-electron chi connectivity index (χ2n) is 6.45. The van der Waals surface area contributed by atoms with Gasteiger partial charge in [0.15, 0.2) is 6.61 Å². The molecule has 0 spiro atoms. The molecule has 2 amide bonds. The Morgan fingerprint density at radius 2 is 2.04 bits per heavy atom. The van der Waals surface area contributed by atoms with Crippen LogP contribution in [0.5, 0.6) is 0 Å². The van der Waals surface area contributed by atoms with Crippen molar-refractivity contribution < 1.29 is 19.1 Å². The van der Waals surface area contributed by atoms with Gasteiger partial charge in [-0.25, -0.2) is 0 Å². The van der Waals surface area contributed by atoms with Crippen molar-refractivity contribution in [3.8, 4) is 0 Å². The summed E-state index contributed by atoms with van der Waals surface area (Å²) in [6, 6.07) is 5.75. The zero-order valence-electron chi connectivity index (χ0n) is 14.6. The monoisotopic (exact) mass is 332 g/mol. The Hall–Kier alpha value is -2.37. The van der Waals surface area contributed by atoms with Gasteiger partial charge in [0.05, 0.1) is 5.92 Å². The van der Waals surface area contributed by atoms with Crippen LogP contribution in [0.3, 0.4) is 0 Å². The topological polar surface area (TPSA) is 75.7 Å². The summed E-state index contributed by atoms with van der Waals surface area (Å²) >= 11 is 0. The second-order valence-corrected chi connectivity index (χ2v) is 6.45. The van der Waals surface area contributed by atoms with Crippen LogP contribution in [0.4, 0.5) is 5.69 Å². The number of nitrogens with zero attached hydrogens (tertiary/aromatic N) is 1. The predicted molar refractivity (Wildman–Crippen MR) is 90.6 cm³/mol. The minimum Gasteiger partial charge on any atom is -0.455 e. The van der Waals surface area contributed by atoms with E-state index in [1.54, 1.807) is 4.90 Å². The van der Waals surface area contributed by atoms with Crippen molar-refractivity contribution in [2.75, 3.05) is 18.1 Å². The van der Waals surface area contributed by atoms with Crippen LogP contribution in [-0.4, -0.2) is 37.0 Å². The number of hydrogen-bond donors (Lipinski definition) is 1. The number of amides is 2. The van der Waals surface area contributed by atoms with Gasteiger partial charge in [-0.3, -0.25) is 14.4 Å². The van der Waals surface area contributed by atoms with E-state index in [1.165, 1.54) is 0 Å². The molecule has 1 N–H and O–H groups in total. The maximum absolute atomic E-state index is 12.3. The number of rotatable bonds is 5. The Morgan fingerprint density at radius 1 is 1.33 bits per heavy atom. The highest BCUT2D eigenvalue weighted by molar-refractivity contribution is 6.00. The third kappa shape index (κ3) is 4.13. The fraction of sp³-hybridized carbons (Fsp3) is 0.500. The molecule has 0 radical (unpaired) electrons. The van der Waals surface area contributed by atoms with E-state index in [-0.39, 0.29) is 37.4 Å². The number of nitrogens with one attached hydrogen (secondary N) is 1. The van der Waals surface area contributed by atoms with Gasteiger partial charge in [0, 0.05) is 24.7 Å². The van der Waals surface area contributed by atoms with Gasteiger partial charge in [-0.2, -0.15) is 0 Å². The van der Waals surface area contributed by atoms with Gasteiger partial charge in [-0.05, 0) is 44.9 Å². The van der Waals surface area contributed by atoms with Crippen molar-refractivity contribution in [2.24, 2.45) is 5.92 Å². The molecule has 130 valence electrons. The van der Waals surface area contributed by atoms with E-state index in [0.717, 1.165) is 16.8 Å². The standard InChI is InChI=1S/C18H24N2O4/c1-11(2)19-16(21)10-24-18(23)14-8-17(22)20(9-14)15-7-5-6-12(3)13(15)4/h5-7,11,14H,8-10H2,1-4H3,(H,19,21)/t14-/m0/s1. The molecule has 1 aliphatic rings. The number of aryl methyl sites for hydroxylation is 1. The van der Waals surface area contributed by atoms with E-state index in [4.69, 9.17) is 4.74 Å². The number of esters is 1. The normalized spacial score (nSPS) is 17.3. The zero-order valence-corrected chi connectivity index (χ0v) is 14.6. The highest BCUT2D eigenvalue weighted by Gasteiger charge is 2.36. The molecule has 1 atom stereocenters. The maximum atomic E-state index is 12.3. The molecule has 0 saturated carbocycles. The molecule has 1 aromatic carbocycles. The van der Waals surface area contributed by atoms with Gasteiger partial charge in [0.25, 0.3) is 5.91 Å². The summed E-state index contributed by atoms with van der Waals surface area (Å²) in [5.41, 5.74) is 2.95. The zero-order chi connectivity index (χ0) is 17.9. The smallest absolute Gasteiger partial charge is 0.311 e. The van der Waals surface area contributed by atoms with Crippen LogP contribution < -0.4 is 10.2 Å². The highest BCUT2D eigenvalue weighted by atomic mass is 16.5. The molecule has 6 heteroatoms. The first-order valence-corrected chi connectivity index (χ1v) is 8.12. The molecule has 0 aliphatic carbocycles. The van der Waals surface area contributed by atoms with Crippen molar-refractivity contribution in [3.05, 3.63) is 29.3 Å². The van der Waals surface area contributed by atoms with Crippen LogP contribution in [0.1, 0.15) is 31.4 Å². The fourth-order valence-electron chi connectivity index (χ4n) is 2.74. The van der Waals surface area contributed by atoms with Crippen molar-refractivity contribution in [1.29, 1.82) is 0 Å². The van der Waals surface area contributed by atoms with Crippen LogP contribution in [0.25, 0.3) is 0 Å². The Labute approximate surface area is 142 Å². The van der Waals surface area contributed by atoms with E-state index in [2.05, 4.69) is 5.32 Å². The van der Waals surface area contributed by atoms with Crippen molar-refractivity contribution >= 4 is 23.5 Å². The molecule has 0 unspecified atom stereocenters. The maximum Gasteiger partial charge on any atom is 0.311 e. The van der Waals surface area contributed by atoms with Gasteiger partial charge in [-0.1, -0.05) is 12.1 Å². The van der Waals surface area contributed by atoms with Crippen LogP contribution in [-0.2, 0) is 19.1 Å². The van der Waals surface area contributed by atoms with Crippen molar-refractivity contribution in [3.63, 3.8) is 0 Å². The summed E-state index contributed by atoms with van der Waals surface area (Å²) in [5.74, 6) is -1.48. The highest BCUT2D eigenvalue weighted by Crippen LogP contribution is 2.29. The van der Waals surface area contributed by atoms with E-state index in [9.17, 15) is 14.4 Å². The van der Waals surface area contributed by atoms with Crippen LogP contribution in [0.15, 0.2) is 18.2 Å². The number of anilines is 1. The minimum absolute atomic E-state index is 0.0101. The molecular formula is C18H24N2O4. The van der Waals surface area contributed by atoms with E-state index in [1.807, 2.05) is 45.9 Å². The number of hydrogen-bond acceptors (Lipinski definition) is 4. The lowest BCUT2D eigenvalue weighted by molar-refractivity contribution is -0.152. The summed E-state index contributed by atoms with van der Waals surface area (Å²) in [6.07, 6.45) is 0.109. The van der Waals surface area contributed by atoms with Crippen LogP contribution in [0, 0.1) is 19.8 Å². The summed E-state index contributed by atoms with van der Waals surface area (Å²) in [4.78, 5) is 37.6. The molecule has 2 rings (SSSR count). The largest absolute Gasteiger partial charge is 0.455 e. The third-order valence-corrected chi connectivity index (χ3v) is 4.12. The Balaban J connectivity index is 1.98. The quantitative estimate of drug-likeness (QED) is 0.833. The number of carbonyl (C=O) groups excluding carboxylic acids is 3. The third-order valence-electron chi connectivity index (χ3n) is 4.12. The first-order valence-electron chi connectivity index (χ1n) is 8.12. The summed E-state index contributed by atoms with van der Waals surface area (Å²) in [6.45, 7) is 7.58. The lowest BCUT2D eigenvalue weighted by Gasteiger charge is -2.20. The number of carbonyl (C=O) groups is 3. The number of ether oxygens (including phenoxy) is 1. The number of benzene rings is 1. The van der Waals surface area contributed by atoms with E-state index in [0.29, 0.717) is 0 Å². The fourth-order valence-corrected chi connectivity index (χ4v) is 2.74. The molecular weight excluding hydrogens is 308 g/mol. The van der Waals surface area contributed by atoms with Gasteiger partial charge in [-0.15, -0.1) is 0 Å². The Kier molecular flexibility index (Phi) is 5.59. The SMILES string of the molecule is Cc1cccc(N2C[C@@H](C(=O)OCC(=O)NC(C)C)CC2=O)c1C. The molecule has 0 aromatic heterocycles. The predicted octanol–water partition coefficient (Wildman–Crippen LogP) is 1.72.